The van der Waals surface area contributed by atoms with E-state index in [2.05, 4.69) is 6.07 Å². The maximum absolute atomic E-state index is 8.95. The summed E-state index contributed by atoms with van der Waals surface area (Å²) in [4.78, 5) is 1.08. The summed E-state index contributed by atoms with van der Waals surface area (Å²) in [7, 11) is 0. The van der Waals surface area contributed by atoms with Gasteiger partial charge in [-0.2, -0.15) is 5.26 Å². The maximum Gasteiger partial charge on any atom is 0.0991 e. The average Bonchev–Trinajstić information content (AvgIpc) is 2.78. The molecule has 0 bridgehead atoms. The summed E-state index contributed by atoms with van der Waals surface area (Å²) in [5.74, 6) is 0. The molecule has 0 fully saturated rings. The van der Waals surface area contributed by atoms with E-state index < -0.39 is 0 Å². The van der Waals surface area contributed by atoms with Crippen LogP contribution < -0.4 is 0 Å². The predicted octanol–water partition coefficient (Wildman–Crippen LogP) is 2.78. The van der Waals surface area contributed by atoms with Crippen LogP contribution >= 0.6 is 11.3 Å². The van der Waals surface area contributed by atoms with E-state index in [-0.39, 0.29) is 6.61 Å². The van der Waals surface area contributed by atoms with Gasteiger partial charge in [-0.1, -0.05) is 12.1 Å². The Hall–Kier alpha value is -1.63. The third-order valence-electron chi connectivity index (χ3n) is 2.11. The molecule has 0 saturated carbocycles. The summed E-state index contributed by atoms with van der Waals surface area (Å²) < 4.78 is 0. The van der Waals surface area contributed by atoms with Crippen molar-refractivity contribution in [2.24, 2.45) is 0 Å². The van der Waals surface area contributed by atoms with Gasteiger partial charge in [0, 0.05) is 4.88 Å². The van der Waals surface area contributed by atoms with Crippen LogP contribution in [0.15, 0.2) is 35.7 Å². The fourth-order valence-corrected chi connectivity index (χ4v) is 2.26. The van der Waals surface area contributed by atoms with Crippen molar-refractivity contribution in [3.63, 3.8) is 0 Å². The quantitative estimate of drug-likeness (QED) is 0.837. The molecule has 1 aromatic heterocycles. The molecule has 2 rings (SSSR count). The molecular weight excluding hydrogens is 206 g/mol. The van der Waals surface area contributed by atoms with Crippen molar-refractivity contribution < 1.29 is 5.11 Å². The summed E-state index contributed by atoms with van der Waals surface area (Å²) in [6.45, 7) is 0.0639. The van der Waals surface area contributed by atoms with Gasteiger partial charge in [-0.3, -0.25) is 0 Å². The Morgan fingerprint density at radius 2 is 2.20 bits per heavy atom. The van der Waals surface area contributed by atoms with Gasteiger partial charge in [0.1, 0.15) is 0 Å². The Morgan fingerprint density at radius 3 is 2.87 bits per heavy atom. The number of hydrogen-bond acceptors (Lipinski definition) is 3. The van der Waals surface area contributed by atoms with Crippen LogP contribution in [0, 0.1) is 11.3 Å². The molecule has 1 N–H and O–H groups in total. The van der Waals surface area contributed by atoms with Crippen molar-refractivity contribution in [3.8, 4) is 16.5 Å². The number of thiophene rings is 1. The van der Waals surface area contributed by atoms with E-state index in [0.717, 1.165) is 16.0 Å². The van der Waals surface area contributed by atoms with Crippen LogP contribution in [0.5, 0.6) is 0 Å². The van der Waals surface area contributed by atoms with Gasteiger partial charge in [-0.05, 0) is 34.7 Å². The van der Waals surface area contributed by atoms with Gasteiger partial charge >= 0.3 is 0 Å². The van der Waals surface area contributed by atoms with Gasteiger partial charge in [-0.15, -0.1) is 11.3 Å². The molecule has 1 heterocycles. The highest BCUT2D eigenvalue weighted by Crippen LogP contribution is 2.27. The first-order chi connectivity index (χ1) is 7.33. The zero-order valence-corrected chi connectivity index (χ0v) is 8.79. The molecule has 0 spiro atoms. The van der Waals surface area contributed by atoms with Crippen LogP contribution in [0.2, 0.25) is 0 Å². The molecule has 15 heavy (non-hydrogen) atoms. The second kappa shape index (κ2) is 4.26. The number of rotatable bonds is 2. The molecule has 2 nitrogen and oxygen atoms in total. The standard InChI is InChI=1S/C12H9NOS/c13-6-9-2-1-3-11(4-9)12-5-10(7-14)8-15-12/h1-5,8,14H,7H2. The van der Waals surface area contributed by atoms with Gasteiger partial charge in [0.2, 0.25) is 0 Å². The summed E-state index contributed by atoms with van der Waals surface area (Å²) >= 11 is 1.58. The lowest BCUT2D eigenvalue weighted by Crippen LogP contribution is -1.77. The molecule has 0 aliphatic carbocycles. The van der Waals surface area contributed by atoms with Gasteiger partial charge in [-0.25, -0.2) is 0 Å². The number of nitrogens with zero attached hydrogens (tertiary/aromatic N) is 1. The SMILES string of the molecule is N#Cc1cccc(-c2cc(CO)cs2)c1. The highest BCUT2D eigenvalue weighted by molar-refractivity contribution is 7.13. The summed E-state index contributed by atoms with van der Waals surface area (Å²) in [6, 6.07) is 11.5. The van der Waals surface area contributed by atoms with Crippen molar-refractivity contribution in [1.29, 1.82) is 5.26 Å². The second-order valence-electron chi connectivity index (χ2n) is 3.17. The molecule has 0 amide bonds. The van der Waals surface area contributed by atoms with E-state index in [0.29, 0.717) is 5.56 Å². The van der Waals surface area contributed by atoms with Crippen molar-refractivity contribution in [2.45, 2.75) is 6.61 Å². The third-order valence-corrected chi connectivity index (χ3v) is 3.14. The van der Waals surface area contributed by atoms with E-state index >= 15 is 0 Å². The van der Waals surface area contributed by atoms with Gasteiger partial charge in [0.25, 0.3) is 0 Å². The molecule has 2 aromatic rings. The Bertz CT molecular complexity index is 510. The van der Waals surface area contributed by atoms with Crippen molar-refractivity contribution in [1.82, 2.24) is 0 Å². The number of aliphatic hydroxyl groups excluding tert-OH is 1. The smallest absolute Gasteiger partial charge is 0.0991 e. The van der Waals surface area contributed by atoms with E-state index in [4.69, 9.17) is 10.4 Å². The normalized spacial score (nSPS) is 9.87. The van der Waals surface area contributed by atoms with Crippen LogP contribution in [0.25, 0.3) is 10.4 Å². The Balaban J connectivity index is 2.41. The maximum atomic E-state index is 8.95. The minimum atomic E-state index is 0.0639. The molecule has 3 heteroatoms. The minimum absolute atomic E-state index is 0.0639. The van der Waals surface area contributed by atoms with E-state index in [1.807, 2.05) is 29.6 Å². The van der Waals surface area contributed by atoms with E-state index in [1.54, 1.807) is 17.4 Å². The molecule has 74 valence electrons. The molecule has 1 aromatic carbocycles. The zero-order valence-electron chi connectivity index (χ0n) is 7.97. The Kier molecular flexibility index (Phi) is 2.82. The number of nitriles is 1. The van der Waals surface area contributed by atoms with Crippen LogP contribution in [-0.4, -0.2) is 5.11 Å². The Labute approximate surface area is 92.0 Å². The second-order valence-corrected chi connectivity index (χ2v) is 4.08. The van der Waals surface area contributed by atoms with Crippen molar-refractivity contribution in [3.05, 3.63) is 46.8 Å². The summed E-state index contributed by atoms with van der Waals surface area (Å²) in [5, 5.41) is 19.7. The van der Waals surface area contributed by atoms with E-state index in [9.17, 15) is 0 Å². The molecule has 0 unspecified atom stereocenters. The summed E-state index contributed by atoms with van der Waals surface area (Å²) in [5.41, 5.74) is 2.60. The first-order valence-electron chi connectivity index (χ1n) is 4.52. The first kappa shape index (κ1) is 9.91. The lowest BCUT2D eigenvalue weighted by molar-refractivity contribution is 0.282. The molecule has 0 aliphatic rings. The lowest BCUT2D eigenvalue weighted by Gasteiger charge is -1.96. The van der Waals surface area contributed by atoms with Crippen LogP contribution in [0.4, 0.5) is 0 Å². The van der Waals surface area contributed by atoms with Crippen LogP contribution in [0.1, 0.15) is 11.1 Å². The van der Waals surface area contributed by atoms with Gasteiger partial charge in [0.15, 0.2) is 0 Å². The Morgan fingerprint density at radius 1 is 1.33 bits per heavy atom. The van der Waals surface area contributed by atoms with Crippen LogP contribution in [0.3, 0.4) is 0 Å². The molecule has 0 aliphatic heterocycles. The van der Waals surface area contributed by atoms with Crippen LogP contribution in [-0.2, 0) is 6.61 Å². The zero-order chi connectivity index (χ0) is 10.7. The number of benzene rings is 1. The number of aliphatic hydroxyl groups is 1. The first-order valence-corrected chi connectivity index (χ1v) is 5.40. The average molecular weight is 215 g/mol. The fraction of sp³-hybridized carbons (Fsp3) is 0.0833. The predicted molar refractivity (Wildman–Crippen MR) is 60.4 cm³/mol. The molecule has 0 radical (unpaired) electrons. The molecule has 0 saturated heterocycles. The largest absolute Gasteiger partial charge is 0.392 e. The van der Waals surface area contributed by atoms with E-state index in [1.165, 1.54) is 0 Å². The van der Waals surface area contributed by atoms with Crippen molar-refractivity contribution in [2.75, 3.05) is 0 Å². The van der Waals surface area contributed by atoms with Crippen molar-refractivity contribution >= 4 is 11.3 Å². The molecule has 0 atom stereocenters. The molecular formula is C12H9NOS. The fourth-order valence-electron chi connectivity index (χ4n) is 1.35. The highest BCUT2D eigenvalue weighted by Gasteiger charge is 2.02. The topological polar surface area (TPSA) is 44.0 Å². The monoisotopic (exact) mass is 215 g/mol. The summed E-state index contributed by atoms with van der Waals surface area (Å²) in [6.07, 6.45) is 0. The third kappa shape index (κ3) is 2.07. The lowest BCUT2D eigenvalue weighted by atomic mass is 10.1. The highest BCUT2D eigenvalue weighted by atomic mass is 32.1. The minimum Gasteiger partial charge on any atom is -0.392 e. The number of hydrogen-bond donors (Lipinski definition) is 1. The van der Waals surface area contributed by atoms with Gasteiger partial charge < -0.3 is 5.11 Å². The van der Waals surface area contributed by atoms with Gasteiger partial charge in [0.05, 0.1) is 18.2 Å².